The number of carboxylic acid groups (broad SMARTS) is 1. The van der Waals surface area contributed by atoms with Gasteiger partial charge >= 0.3 is 0 Å². The number of aliphatic imine (C=N–C) groups is 1. The summed E-state index contributed by atoms with van der Waals surface area (Å²) in [6, 6.07) is 11.8. The van der Waals surface area contributed by atoms with Crippen LogP contribution in [0.3, 0.4) is 0 Å². The van der Waals surface area contributed by atoms with E-state index in [-0.39, 0.29) is 12.4 Å². The normalized spacial score (nSPS) is 12.8. The Balaban J connectivity index is 1.89. The van der Waals surface area contributed by atoms with Gasteiger partial charge in [0.15, 0.2) is 11.5 Å². The molecule has 0 aromatic heterocycles. The number of hydrogen-bond donors (Lipinski definition) is 0. The lowest BCUT2D eigenvalue weighted by Crippen LogP contribution is -2.22. The smallest absolute Gasteiger partial charge is 0.231 e. The molecule has 0 saturated carbocycles. The number of carboxylic acids is 1. The van der Waals surface area contributed by atoms with E-state index in [0.29, 0.717) is 17.2 Å². The van der Waals surface area contributed by atoms with Crippen LogP contribution in [0.5, 0.6) is 11.5 Å². The predicted molar refractivity (Wildman–Crippen MR) is 70.6 cm³/mol. The average Bonchev–Trinajstić information content (AvgIpc) is 2.92. The van der Waals surface area contributed by atoms with Gasteiger partial charge < -0.3 is 19.4 Å². The van der Waals surface area contributed by atoms with E-state index in [1.54, 1.807) is 36.5 Å². The van der Waals surface area contributed by atoms with Crippen molar-refractivity contribution >= 4 is 17.9 Å². The standard InChI is InChI=1S/C15H11NO4/c17-15(18)11-3-1-2-4-12(11)16-8-10-5-6-13-14(7-10)20-9-19-13/h1-8H,9H2,(H,17,18)/p-1. The van der Waals surface area contributed by atoms with E-state index in [0.717, 1.165) is 5.56 Å². The first-order valence-corrected chi connectivity index (χ1v) is 5.98. The second kappa shape index (κ2) is 5.05. The van der Waals surface area contributed by atoms with E-state index in [1.807, 2.05) is 6.07 Å². The molecule has 20 heavy (non-hydrogen) atoms. The molecule has 0 spiro atoms. The van der Waals surface area contributed by atoms with Crippen LogP contribution in [0.25, 0.3) is 0 Å². The van der Waals surface area contributed by atoms with Crippen LogP contribution >= 0.6 is 0 Å². The van der Waals surface area contributed by atoms with Crippen molar-refractivity contribution in [2.75, 3.05) is 6.79 Å². The maximum Gasteiger partial charge on any atom is 0.231 e. The van der Waals surface area contributed by atoms with Crippen molar-refractivity contribution in [3.05, 3.63) is 53.6 Å². The van der Waals surface area contributed by atoms with Gasteiger partial charge in [0.25, 0.3) is 0 Å². The van der Waals surface area contributed by atoms with Crippen LogP contribution < -0.4 is 14.6 Å². The topological polar surface area (TPSA) is 71.0 Å². The van der Waals surface area contributed by atoms with Crippen molar-refractivity contribution in [2.45, 2.75) is 0 Å². The second-order valence-electron chi connectivity index (χ2n) is 4.18. The molecule has 1 heterocycles. The molecular formula is C15H10NO4-. The fourth-order valence-electron chi connectivity index (χ4n) is 1.90. The summed E-state index contributed by atoms with van der Waals surface area (Å²) in [7, 11) is 0. The lowest BCUT2D eigenvalue weighted by Gasteiger charge is -2.05. The summed E-state index contributed by atoms with van der Waals surface area (Å²) in [6.45, 7) is 0.212. The Bertz CT molecular complexity index is 694. The summed E-state index contributed by atoms with van der Waals surface area (Å²) >= 11 is 0. The van der Waals surface area contributed by atoms with Gasteiger partial charge in [-0.05, 0) is 29.8 Å². The Morgan fingerprint density at radius 3 is 2.80 bits per heavy atom. The number of carbonyl (C=O) groups is 1. The molecule has 0 atom stereocenters. The minimum atomic E-state index is -1.25. The number of nitrogens with zero attached hydrogens (tertiary/aromatic N) is 1. The molecule has 0 fully saturated rings. The van der Waals surface area contributed by atoms with Gasteiger partial charge in [0.2, 0.25) is 6.79 Å². The van der Waals surface area contributed by atoms with Crippen molar-refractivity contribution in [3.63, 3.8) is 0 Å². The van der Waals surface area contributed by atoms with E-state index in [4.69, 9.17) is 9.47 Å². The Labute approximate surface area is 115 Å². The Morgan fingerprint density at radius 2 is 1.95 bits per heavy atom. The van der Waals surface area contributed by atoms with E-state index < -0.39 is 5.97 Å². The molecule has 0 bridgehead atoms. The van der Waals surface area contributed by atoms with Crippen LogP contribution in [-0.4, -0.2) is 19.0 Å². The van der Waals surface area contributed by atoms with Crippen LogP contribution in [0.1, 0.15) is 15.9 Å². The fraction of sp³-hybridized carbons (Fsp3) is 0.0667. The first-order chi connectivity index (χ1) is 9.74. The van der Waals surface area contributed by atoms with Crippen LogP contribution in [0.2, 0.25) is 0 Å². The summed E-state index contributed by atoms with van der Waals surface area (Å²) in [5.74, 6) is 0.0999. The van der Waals surface area contributed by atoms with Crippen LogP contribution in [-0.2, 0) is 0 Å². The van der Waals surface area contributed by atoms with E-state index in [2.05, 4.69) is 4.99 Å². The maximum atomic E-state index is 11.0. The molecule has 0 aliphatic carbocycles. The molecule has 0 N–H and O–H groups in total. The van der Waals surface area contributed by atoms with Crippen LogP contribution in [0, 0.1) is 0 Å². The van der Waals surface area contributed by atoms with Gasteiger partial charge in [-0.25, -0.2) is 0 Å². The van der Waals surface area contributed by atoms with Crippen molar-refractivity contribution in [3.8, 4) is 11.5 Å². The average molecular weight is 268 g/mol. The van der Waals surface area contributed by atoms with Gasteiger partial charge in [-0.15, -0.1) is 0 Å². The molecule has 100 valence electrons. The molecule has 1 aliphatic rings. The quantitative estimate of drug-likeness (QED) is 0.791. The maximum absolute atomic E-state index is 11.0. The minimum Gasteiger partial charge on any atom is -0.545 e. The van der Waals surface area contributed by atoms with Crippen molar-refractivity contribution in [1.82, 2.24) is 0 Å². The summed E-state index contributed by atoms with van der Waals surface area (Å²) in [6.07, 6.45) is 1.57. The minimum absolute atomic E-state index is 0.0597. The number of aromatic carboxylic acids is 1. The zero-order valence-corrected chi connectivity index (χ0v) is 10.4. The fourth-order valence-corrected chi connectivity index (χ4v) is 1.90. The Morgan fingerprint density at radius 1 is 1.15 bits per heavy atom. The van der Waals surface area contributed by atoms with Gasteiger partial charge in [-0.2, -0.15) is 0 Å². The van der Waals surface area contributed by atoms with Crippen molar-refractivity contribution < 1.29 is 19.4 Å². The van der Waals surface area contributed by atoms with Gasteiger partial charge in [0, 0.05) is 11.8 Å². The van der Waals surface area contributed by atoms with Gasteiger partial charge in [0.05, 0.1) is 11.7 Å². The number of ether oxygens (including phenoxy) is 2. The number of benzene rings is 2. The van der Waals surface area contributed by atoms with Gasteiger partial charge in [-0.3, -0.25) is 4.99 Å². The van der Waals surface area contributed by atoms with Crippen LogP contribution in [0.15, 0.2) is 47.5 Å². The molecule has 3 rings (SSSR count). The summed E-state index contributed by atoms with van der Waals surface area (Å²) in [5, 5.41) is 11.0. The van der Waals surface area contributed by atoms with Gasteiger partial charge in [0.1, 0.15) is 0 Å². The van der Waals surface area contributed by atoms with Crippen molar-refractivity contribution in [2.24, 2.45) is 4.99 Å². The van der Waals surface area contributed by atoms with E-state index >= 15 is 0 Å². The number of hydrogen-bond acceptors (Lipinski definition) is 5. The molecule has 2 aromatic rings. The Hall–Kier alpha value is -2.82. The molecule has 1 aliphatic heterocycles. The second-order valence-corrected chi connectivity index (χ2v) is 4.18. The summed E-state index contributed by atoms with van der Waals surface area (Å²) in [5.41, 5.74) is 1.21. The molecule has 0 unspecified atom stereocenters. The van der Waals surface area contributed by atoms with Crippen LogP contribution in [0.4, 0.5) is 5.69 Å². The van der Waals surface area contributed by atoms with Gasteiger partial charge in [-0.1, -0.05) is 18.2 Å². The first-order valence-electron chi connectivity index (χ1n) is 5.98. The summed E-state index contributed by atoms with van der Waals surface area (Å²) in [4.78, 5) is 15.1. The highest BCUT2D eigenvalue weighted by molar-refractivity contribution is 5.93. The lowest BCUT2D eigenvalue weighted by atomic mass is 10.2. The molecule has 2 aromatic carbocycles. The largest absolute Gasteiger partial charge is 0.545 e. The third kappa shape index (κ3) is 2.33. The lowest BCUT2D eigenvalue weighted by molar-refractivity contribution is -0.254. The third-order valence-electron chi connectivity index (χ3n) is 2.87. The van der Waals surface area contributed by atoms with E-state index in [1.165, 1.54) is 6.07 Å². The third-order valence-corrected chi connectivity index (χ3v) is 2.87. The highest BCUT2D eigenvalue weighted by Gasteiger charge is 2.12. The van der Waals surface area contributed by atoms with E-state index in [9.17, 15) is 9.90 Å². The molecule has 5 nitrogen and oxygen atoms in total. The highest BCUT2D eigenvalue weighted by Crippen LogP contribution is 2.32. The zero-order chi connectivity index (χ0) is 13.9. The van der Waals surface area contributed by atoms with Crippen molar-refractivity contribution in [1.29, 1.82) is 0 Å². The number of carbonyl (C=O) groups excluding carboxylic acids is 1. The first kappa shape index (κ1) is 12.2. The SMILES string of the molecule is O=C([O-])c1ccccc1N=Cc1ccc2c(c1)OCO2. The number of rotatable bonds is 3. The molecule has 5 heteroatoms. The molecule has 0 radical (unpaired) electrons. The molecule has 0 saturated heterocycles. The number of para-hydroxylation sites is 1. The molecular weight excluding hydrogens is 258 g/mol. The highest BCUT2D eigenvalue weighted by atomic mass is 16.7. The zero-order valence-electron chi connectivity index (χ0n) is 10.4. The monoisotopic (exact) mass is 268 g/mol. The summed E-state index contributed by atoms with van der Waals surface area (Å²) < 4.78 is 10.5. The Kier molecular flexibility index (Phi) is 3.09. The predicted octanol–water partition coefficient (Wildman–Crippen LogP) is 1.53. The molecule has 0 amide bonds. The number of fused-ring (bicyclic) bond motifs is 1.